The van der Waals surface area contributed by atoms with Crippen LogP contribution in [0.25, 0.3) is 0 Å². The van der Waals surface area contributed by atoms with E-state index in [9.17, 15) is 0 Å². The van der Waals surface area contributed by atoms with E-state index in [-0.39, 0.29) is 0 Å². The second kappa shape index (κ2) is 7.51. The van der Waals surface area contributed by atoms with Crippen molar-refractivity contribution in [2.75, 3.05) is 26.7 Å². The molecular formula is C12H20N4O. The van der Waals surface area contributed by atoms with Crippen molar-refractivity contribution in [1.29, 1.82) is 0 Å². The molecule has 1 aromatic rings. The summed E-state index contributed by atoms with van der Waals surface area (Å²) < 4.78 is 0. The number of phenols is 1. The summed E-state index contributed by atoms with van der Waals surface area (Å²) in [7, 11) is 1.65. The van der Waals surface area contributed by atoms with Crippen LogP contribution in [0.1, 0.15) is 5.56 Å². The number of aliphatic imine (C=N–C) groups is 1. The van der Waals surface area contributed by atoms with Gasteiger partial charge in [-0.2, -0.15) is 0 Å². The van der Waals surface area contributed by atoms with E-state index in [1.54, 1.807) is 19.2 Å². The van der Waals surface area contributed by atoms with Crippen LogP contribution in [-0.4, -0.2) is 37.7 Å². The third kappa shape index (κ3) is 5.77. The van der Waals surface area contributed by atoms with Crippen molar-refractivity contribution in [2.24, 2.45) is 10.7 Å². The number of nitrogens with two attached hydrogens (primary N) is 1. The molecule has 17 heavy (non-hydrogen) atoms. The number of nitrogens with zero attached hydrogens (tertiary/aromatic N) is 1. The van der Waals surface area contributed by atoms with Crippen LogP contribution < -0.4 is 16.4 Å². The van der Waals surface area contributed by atoms with Gasteiger partial charge in [-0.3, -0.25) is 4.99 Å². The highest BCUT2D eigenvalue weighted by molar-refractivity contribution is 5.77. The van der Waals surface area contributed by atoms with E-state index in [1.807, 2.05) is 12.1 Å². The Labute approximate surface area is 102 Å². The van der Waals surface area contributed by atoms with Crippen LogP contribution in [-0.2, 0) is 6.42 Å². The highest BCUT2D eigenvalue weighted by atomic mass is 16.3. The quantitative estimate of drug-likeness (QED) is 0.320. The molecule has 0 aliphatic rings. The molecule has 0 heterocycles. The van der Waals surface area contributed by atoms with Gasteiger partial charge in [-0.1, -0.05) is 12.1 Å². The number of guanidine groups is 1. The van der Waals surface area contributed by atoms with Gasteiger partial charge in [0.25, 0.3) is 0 Å². The van der Waals surface area contributed by atoms with Crippen molar-refractivity contribution in [3.8, 4) is 5.75 Å². The van der Waals surface area contributed by atoms with Gasteiger partial charge in [0.15, 0.2) is 5.96 Å². The summed E-state index contributed by atoms with van der Waals surface area (Å²) in [6.45, 7) is 2.50. The van der Waals surface area contributed by atoms with Crippen LogP contribution in [0, 0.1) is 0 Å². The number of hydrogen-bond acceptors (Lipinski definition) is 3. The fraction of sp³-hybridized carbons (Fsp3) is 0.417. The fourth-order valence-electron chi connectivity index (χ4n) is 1.38. The third-order valence-electron chi connectivity index (χ3n) is 2.38. The van der Waals surface area contributed by atoms with Crippen LogP contribution >= 0.6 is 0 Å². The molecule has 1 rings (SSSR count). The van der Waals surface area contributed by atoms with E-state index in [1.165, 1.54) is 5.56 Å². The van der Waals surface area contributed by atoms with Crippen molar-refractivity contribution < 1.29 is 5.11 Å². The molecule has 0 fully saturated rings. The van der Waals surface area contributed by atoms with E-state index in [0.29, 0.717) is 11.7 Å². The first-order valence-electron chi connectivity index (χ1n) is 5.67. The maximum Gasteiger partial charge on any atom is 0.188 e. The average Bonchev–Trinajstić information content (AvgIpc) is 2.35. The number of rotatable bonds is 6. The molecule has 5 heteroatoms. The summed E-state index contributed by atoms with van der Waals surface area (Å²) in [4.78, 5) is 3.79. The molecule has 1 aromatic carbocycles. The lowest BCUT2D eigenvalue weighted by molar-refractivity contribution is 0.475. The van der Waals surface area contributed by atoms with Gasteiger partial charge in [0.2, 0.25) is 0 Å². The van der Waals surface area contributed by atoms with Gasteiger partial charge >= 0.3 is 0 Å². The number of phenolic OH excluding ortho intramolecular Hbond substituents is 1. The van der Waals surface area contributed by atoms with Gasteiger partial charge in [0.1, 0.15) is 5.75 Å². The number of hydrogen-bond donors (Lipinski definition) is 4. The summed E-state index contributed by atoms with van der Waals surface area (Å²) in [6.07, 6.45) is 0.942. The van der Waals surface area contributed by atoms with Gasteiger partial charge in [0, 0.05) is 20.1 Å². The first-order valence-corrected chi connectivity index (χ1v) is 5.67. The smallest absolute Gasteiger partial charge is 0.188 e. The summed E-state index contributed by atoms with van der Waals surface area (Å²) in [5, 5.41) is 15.4. The Morgan fingerprint density at radius 1 is 1.24 bits per heavy atom. The molecule has 0 atom stereocenters. The molecular weight excluding hydrogens is 216 g/mol. The summed E-state index contributed by atoms with van der Waals surface area (Å²) in [6, 6.07) is 7.26. The first kappa shape index (κ1) is 13.3. The van der Waals surface area contributed by atoms with Gasteiger partial charge < -0.3 is 21.5 Å². The Kier molecular flexibility index (Phi) is 5.88. The van der Waals surface area contributed by atoms with E-state index in [2.05, 4.69) is 15.6 Å². The molecule has 0 amide bonds. The SMILES string of the molecule is CN=C(N)NCCNCCc1ccc(O)cc1. The lowest BCUT2D eigenvalue weighted by Gasteiger charge is -2.06. The zero-order chi connectivity index (χ0) is 12.5. The Hall–Kier alpha value is -1.75. The Morgan fingerprint density at radius 3 is 2.59 bits per heavy atom. The second-order valence-electron chi connectivity index (χ2n) is 3.70. The van der Waals surface area contributed by atoms with E-state index >= 15 is 0 Å². The zero-order valence-electron chi connectivity index (χ0n) is 10.1. The van der Waals surface area contributed by atoms with Crippen LogP contribution in [0.4, 0.5) is 0 Å². The van der Waals surface area contributed by atoms with Crippen molar-refractivity contribution in [2.45, 2.75) is 6.42 Å². The minimum absolute atomic E-state index is 0.306. The largest absolute Gasteiger partial charge is 0.508 e. The maximum absolute atomic E-state index is 9.13. The number of aromatic hydroxyl groups is 1. The van der Waals surface area contributed by atoms with Gasteiger partial charge in [-0.25, -0.2) is 0 Å². The van der Waals surface area contributed by atoms with E-state index in [4.69, 9.17) is 10.8 Å². The minimum atomic E-state index is 0.306. The summed E-state index contributed by atoms with van der Waals surface area (Å²) >= 11 is 0. The lowest BCUT2D eigenvalue weighted by Crippen LogP contribution is -2.37. The van der Waals surface area contributed by atoms with Gasteiger partial charge in [-0.05, 0) is 30.7 Å². The molecule has 5 nitrogen and oxygen atoms in total. The van der Waals surface area contributed by atoms with E-state index in [0.717, 1.165) is 26.1 Å². The maximum atomic E-state index is 9.13. The van der Waals surface area contributed by atoms with Crippen molar-refractivity contribution in [3.63, 3.8) is 0 Å². The molecule has 0 spiro atoms. The monoisotopic (exact) mass is 236 g/mol. The standard InChI is InChI=1S/C12H20N4O/c1-14-12(13)16-9-8-15-7-6-10-2-4-11(17)5-3-10/h2-5,15,17H,6-9H2,1H3,(H3,13,14,16). The Morgan fingerprint density at radius 2 is 1.94 bits per heavy atom. The topological polar surface area (TPSA) is 82.7 Å². The lowest BCUT2D eigenvalue weighted by atomic mass is 10.1. The summed E-state index contributed by atoms with van der Waals surface area (Å²) in [5.41, 5.74) is 6.69. The second-order valence-corrected chi connectivity index (χ2v) is 3.70. The predicted molar refractivity (Wildman–Crippen MR) is 70.2 cm³/mol. The predicted octanol–water partition coefficient (Wildman–Crippen LogP) is 0.0584. The van der Waals surface area contributed by atoms with Crippen molar-refractivity contribution in [1.82, 2.24) is 10.6 Å². The minimum Gasteiger partial charge on any atom is -0.508 e. The Balaban J connectivity index is 2.06. The number of benzene rings is 1. The molecule has 0 saturated carbocycles. The van der Waals surface area contributed by atoms with Crippen LogP contribution in [0.5, 0.6) is 5.75 Å². The third-order valence-corrected chi connectivity index (χ3v) is 2.38. The normalized spacial score (nSPS) is 11.5. The fourth-order valence-corrected chi connectivity index (χ4v) is 1.38. The Bertz CT molecular complexity index is 348. The summed E-state index contributed by atoms with van der Waals surface area (Å²) in [5.74, 6) is 0.769. The molecule has 0 bridgehead atoms. The molecule has 0 aliphatic heterocycles. The van der Waals surface area contributed by atoms with Crippen molar-refractivity contribution >= 4 is 5.96 Å². The molecule has 5 N–H and O–H groups in total. The van der Waals surface area contributed by atoms with Crippen LogP contribution in [0.15, 0.2) is 29.3 Å². The highest BCUT2D eigenvalue weighted by Crippen LogP contribution is 2.09. The molecule has 0 unspecified atom stereocenters. The molecule has 0 saturated heterocycles. The highest BCUT2D eigenvalue weighted by Gasteiger charge is 1.94. The van der Waals surface area contributed by atoms with Gasteiger partial charge in [-0.15, -0.1) is 0 Å². The van der Waals surface area contributed by atoms with E-state index < -0.39 is 0 Å². The molecule has 0 aromatic heterocycles. The average molecular weight is 236 g/mol. The van der Waals surface area contributed by atoms with Gasteiger partial charge in [0.05, 0.1) is 0 Å². The molecule has 0 radical (unpaired) electrons. The van der Waals surface area contributed by atoms with Crippen molar-refractivity contribution in [3.05, 3.63) is 29.8 Å². The molecule has 0 aliphatic carbocycles. The molecule has 94 valence electrons. The van der Waals surface area contributed by atoms with Crippen LogP contribution in [0.2, 0.25) is 0 Å². The number of nitrogens with one attached hydrogen (secondary N) is 2. The first-order chi connectivity index (χ1) is 8.22. The zero-order valence-corrected chi connectivity index (χ0v) is 10.1. The van der Waals surface area contributed by atoms with Crippen LogP contribution in [0.3, 0.4) is 0 Å².